The summed E-state index contributed by atoms with van der Waals surface area (Å²) in [7, 11) is 0. The first-order valence-electron chi connectivity index (χ1n) is 6.99. The third kappa shape index (κ3) is 2.24. The van der Waals surface area contributed by atoms with Crippen molar-refractivity contribution in [1.29, 1.82) is 0 Å². The van der Waals surface area contributed by atoms with E-state index in [-0.39, 0.29) is 0 Å². The highest BCUT2D eigenvalue weighted by molar-refractivity contribution is 5.76. The minimum atomic E-state index is 0.520. The second-order valence-electron chi connectivity index (χ2n) is 5.05. The minimum Gasteiger partial charge on any atom is -0.399 e. The average molecular weight is 303 g/mol. The van der Waals surface area contributed by atoms with Crippen molar-refractivity contribution in [3.8, 4) is 22.8 Å². The number of nitrogens with zero attached hydrogens (tertiary/aromatic N) is 5. The molecule has 7 nitrogen and oxygen atoms in total. The van der Waals surface area contributed by atoms with Gasteiger partial charge < -0.3 is 11.5 Å². The second-order valence-corrected chi connectivity index (χ2v) is 5.05. The molecule has 0 bridgehead atoms. The normalized spacial score (nSPS) is 11.0. The van der Waals surface area contributed by atoms with Gasteiger partial charge in [0.15, 0.2) is 5.82 Å². The highest BCUT2D eigenvalue weighted by atomic mass is 15.1. The van der Waals surface area contributed by atoms with Gasteiger partial charge in [-0.25, -0.2) is 19.9 Å². The molecule has 7 heteroatoms. The highest BCUT2D eigenvalue weighted by Crippen LogP contribution is 2.27. The van der Waals surface area contributed by atoms with Gasteiger partial charge in [-0.1, -0.05) is 0 Å². The van der Waals surface area contributed by atoms with Gasteiger partial charge in [-0.15, -0.1) is 0 Å². The minimum absolute atomic E-state index is 0.520. The van der Waals surface area contributed by atoms with Gasteiger partial charge in [0.1, 0.15) is 0 Å². The van der Waals surface area contributed by atoms with Crippen molar-refractivity contribution >= 4 is 17.2 Å². The number of hydrogen-bond acceptors (Lipinski definition) is 6. The molecule has 3 aromatic heterocycles. The van der Waals surface area contributed by atoms with Gasteiger partial charge in [0.05, 0.1) is 17.6 Å². The first kappa shape index (κ1) is 13.2. The molecular weight excluding hydrogens is 290 g/mol. The van der Waals surface area contributed by atoms with Crippen molar-refractivity contribution in [3.05, 3.63) is 55.1 Å². The van der Waals surface area contributed by atoms with Crippen LogP contribution in [0.1, 0.15) is 0 Å². The number of anilines is 2. The molecule has 4 aromatic rings. The fourth-order valence-electron chi connectivity index (χ4n) is 2.42. The number of fused-ring (bicyclic) bond motifs is 1. The monoisotopic (exact) mass is 303 g/mol. The Morgan fingerprint density at radius 3 is 2.78 bits per heavy atom. The number of nitrogens with two attached hydrogens (primary N) is 2. The lowest BCUT2D eigenvalue weighted by atomic mass is 10.1. The van der Waals surface area contributed by atoms with Crippen molar-refractivity contribution in [2.75, 3.05) is 11.5 Å². The van der Waals surface area contributed by atoms with E-state index in [1.54, 1.807) is 36.8 Å². The van der Waals surface area contributed by atoms with Crippen LogP contribution >= 0.6 is 0 Å². The molecular formula is C16H13N7. The van der Waals surface area contributed by atoms with Crippen LogP contribution in [0.15, 0.2) is 55.1 Å². The number of rotatable bonds is 2. The predicted molar refractivity (Wildman–Crippen MR) is 88.3 cm³/mol. The van der Waals surface area contributed by atoms with E-state index >= 15 is 0 Å². The Balaban J connectivity index is 1.88. The number of imidazole rings is 1. The van der Waals surface area contributed by atoms with E-state index in [0.29, 0.717) is 28.5 Å². The van der Waals surface area contributed by atoms with E-state index in [4.69, 9.17) is 11.5 Å². The maximum Gasteiger partial charge on any atom is 0.234 e. The molecule has 0 unspecified atom stereocenters. The zero-order valence-corrected chi connectivity index (χ0v) is 12.1. The smallest absolute Gasteiger partial charge is 0.234 e. The molecule has 0 atom stereocenters. The van der Waals surface area contributed by atoms with Crippen LogP contribution in [0.25, 0.3) is 28.6 Å². The first-order valence-corrected chi connectivity index (χ1v) is 6.99. The summed E-state index contributed by atoms with van der Waals surface area (Å²) in [5, 5.41) is 0. The van der Waals surface area contributed by atoms with Gasteiger partial charge in [0, 0.05) is 35.5 Å². The Bertz CT molecular complexity index is 1010. The Labute approximate surface area is 131 Å². The van der Waals surface area contributed by atoms with Crippen molar-refractivity contribution in [1.82, 2.24) is 24.3 Å². The summed E-state index contributed by atoms with van der Waals surface area (Å²) in [6.45, 7) is 0. The van der Waals surface area contributed by atoms with E-state index in [1.165, 1.54) is 0 Å². The molecule has 0 amide bonds. The zero-order valence-electron chi connectivity index (χ0n) is 12.1. The lowest BCUT2D eigenvalue weighted by Crippen LogP contribution is -1.98. The van der Waals surface area contributed by atoms with Crippen LogP contribution < -0.4 is 11.5 Å². The van der Waals surface area contributed by atoms with Crippen molar-refractivity contribution < 1.29 is 0 Å². The second kappa shape index (κ2) is 5.06. The lowest BCUT2D eigenvalue weighted by molar-refractivity contribution is 1.09. The molecule has 0 aliphatic rings. The van der Waals surface area contributed by atoms with Crippen LogP contribution in [0.2, 0.25) is 0 Å². The Hall–Kier alpha value is -3.48. The van der Waals surface area contributed by atoms with Crippen molar-refractivity contribution in [2.24, 2.45) is 0 Å². The molecule has 112 valence electrons. The van der Waals surface area contributed by atoms with Gasteiger partial charge >= 0.3 is 0 Å². The molecule has 4 N–H and O–H groups in total. The summed E-state index contributed by atoms with van der Waals surface area (Å²) in [5.41, 5.74) is 15.3. The van der Waals surface area contributed by atoms with Gasteiger partial charge in [-0.2, -0.15) is 0 Å². The Morgan fingerprint density at radius 2 is 1.87 bits per heavy atom. The Morgan fingerprint density at radius 1 is 0.957 bits per heavy atom. The summed E-state index contributed by atoms with van der Waals surface area (Å²) in [6.07, 6.45) is 7.01. The van der Waals surface area contributed by atoms with E-state index in [1.807, 2.05) is 22.7 Å². The standard InChI is InChI=1S/C16H13N7/c17-10-2-3-12(18)11(8-10)15-19-6-4-13(22-15)14-9-21-16-20-5-1-7-23(14)16/h1-9H,17-18H2. The van der Waals surface area contributed by atoms with E-state index < -0.39 is 0 Å². The fourth-order valence-corrected chi connectivity index (χ4v) is 2.42. The van der Waals surface area contributed by atoms with Crippen LogP contribution in [0, 0.1) is 0 Å². The van der Waals surface area contributed by atoms with Crippen LogP contribution in [0.3, 0.4) is 0 Å². The lowest BCUT2D eigenvalue weighted by Gasteiger charge is -2.07. The molecule has 3 heterocycles. The van der Waals surface area contributed by atoms with Gasteiger partial charge in [-0.3, -0.25) is 4.40 Å². The summed E-state index contributed by atoms with van der Waals surface area (Å²) in [5.74, 6) is 1.14. The number of aromatic nitrogens is 5. The average Bonchev–Trinajstić information content (AvgIpc) is 3.01. The molecule has 0 saturated carbocycles. The van der Waals surface area contributed by atoms with E-state index in [2.05, 4.69) is 19.9 Å². The van der Waals surface area contributed by atoms with Gasteiger partial charge in [0.2, 0.25) is 5.78 Å². The molecule has 0 radical (unpaired) electrons. The molecule has 4 rings (SSSR count). The maximum absolute atomic E-state index is 6.02. The van der Waals surface area contributed by atoms with E-state index in [9.17, 15) is 0 Å². The largest absolute Gasteiger partial charge is 0.399 e. The summed E-state index contributed by atoms with van der Waals surface area (Å²) in [4.78, 5) is 17.4. The molecule has 0 aliphatic heterocycles. The molecule has 0 fully saturated rings. The highest BCUT2D eigenvalue weighted by Gasteiger charge is 2.11. The molecule has 0 aliphatic carbocycles. The first-order chi connectivity index (χ1) is 11.2. The fraction of sp³-hybridized carbons (Fsp3) is 0. The van der Waals surface area contributed by atoms with E-state index in [0.717, 1.165) is 11.4 Å². The summed E-state index contributed by atoms with van der Waals surface area (Å²) in [6, 6.07) is 8.93. The quantitative estimate of drug-likeness (QED) is 0.548. The molecule has 0 saturated heterocycles. The molecule has 1 aromatic carbocycles. The maximum atomic E-state index is 6.02. The molecule has 23 heavy (non-hydrogen) atoms. The number of hydrogen-bond donors (Lipinski definition) is 2. The van der Waals surface area contributed by atoms with Crippen LogP contribution in [0.4, 0.5) is 11.4 Å². The molecule has 0 spiro atoms. The van der Waals surface area contributed by atoms with Gasteiger partial charge in [0.25, 0.3) is 0 Å². The zero-order chi connectivity index (χ0) is 15.8. The topological polar surface area (TPSA) is 108 Å². The van der Waals surface area contributed by atoms with Crippen LogP contribution in [-0.2, 0) is 0 Å². The van der Waals surface area contributed by atoms with Crippen LogP contribution in [-0.4, -0.2) is 24.3 Å². The third-order valence-electron chi connectivity index (χ3n) is 3.52. The number of nitrogen functional groups attached to an aromatic ring is 2. The third-order valence-corrected chi connectivity index (χ3v) is 3.52. The summed E-state index contributed by atoms with van der Waals surface area (Å²) < 4.78 is 1.87. The summed E-state index contributed by atoms with van der Waals surface area (Å²) >= 11 is 0. The Kier molecular flexibility index (Phi) is 2.90. The van der Waals surface area contributed by atoms with Crippen molar-refractivity contribution in [3.63, 3.8) is 0 Å². The predicted octanol–water partition coefficient (Wildman–Crippen LogP) is 2.02. The van der Waals surface area contributed by atoms with Gasteiger partial charge in [-0.05, 0) is 30.3 Å². The van der Waals surface area contributed by atoms with Crippen LogP contribution in [0.5, 0.6) is 0 Å². The number of benzene rings is 1. The SMILES string of the molecule is Nc1ccc(N)c(-c2nccc(-c3cnc4ncccn34)n2)c1. The van der Waals surface area contributed by atoms with Crippen molar-refractivity contribution in [2.45, 2.75) is 0 Å².